The highest BCUT2D eigenvalue weighted by molar-refractivity contribution is 7.82. The van der Waals surface area contributed by atoms with Crippen molar-refractivity contribution in [2.45, 2.75) is 82.1 Å². The quantitative estimate of drug-likeness (QED) is 0.0190. The average Bonchev–Trinajstić information content (AvgIpc) is 3.79. The van der Waals surface area contributed by atoms with Gasteiger partial charge in [0.1, 0.15) is 24.9 Å². The van der Waals surface area contributed by atoms with Gasteiger partial charge in [0.05, 0.1) is 75.3 Å². The van der Waals surface area contributed by atoms with Crippen molar-refractivity contribution in [2.24, 2.45) is 5.11 Å². The van der Waals surface area contributed by atoms with Crippen molar-refractivity contribution in [3.8, 4) is 28.6 Å². The minimum Gasteiger partial charge on any atom is -0.479 e. The SMILES string of the molecule is CC[C@@]1(O)C(=O)OCc2c1cc1n(c2=O)Cc2c-1nc1cc(F)c(OS(=O)(=O)Oc3cc(C(=O)N(CCOC)CCOCCOCCOCCN=[N+]=[N-])ccc3OC3O[C@H](C(=O)O)[C@@H](O)[C@H](O)[C@H]3O)c3c1c2CCC3. The molecular formula is C47H53FN6O20S. The highest BCUT2D eigenvalue weighted by Gasteiger charge is 2.49. The van der Waals surface area contributed by atoms with E-state index < -0.39 is 93.2 Å². The number of aryl methyl sites for hydroxylation is 2. The van der Waals surface area contributed by atoms with Gasteiger partial charge in [-0.2, -0.15) is 0 Å². The predicted octanol–water partition coefficient (Wildman–Crippen LogP) is 1.13. The first kappa shape index (κ1) is 54.7. The molecule has 8 rings (SSSR count). The molecule has 1 saturated heterocycles. The molecular weight excluding hydrogens is 1020 g/mol. The van der Waals surface area contributed by atoms with Crippen LogP contribution in [0.2, 0.25) is 0 Å². The number of rotatable bonds is 24. The molecule has 28 heteroatoms. The molecule has 2 aromatic carbocycles. The number of pyridine rings is 2. The second kappa shape index (κ2) is 23.1. The predicted molar refractivity (Wildman–Crippen MR) is 252 cm³/mol. The lowest BCUT2D eigenvalue weighted by Gasteiger charge is -2.38. The number of benzene rings is 2. The zero-order valence-corrected chi connectivity index (χ0v) is 41.2. The molecule has 1 unspecified atom stereocenters. The maximum atomic E-state index is 16.5. The Morgan fingerprint density at radius 2 is 1.64 bits per heavy atom. The van der Waals surface area contributed by atoms with Crippen molar-refractivity contribution in [1.29, 1.82) is 0 Å². The number of aliphatic hydroxyl groups excluding tert-OH is 3. The molecule has 2 aromatic heterocycles. The molecule has 404 valence electrons. The van der Waals surface area contributed by atoms with Crippen LogP contribution in [0.15, 0.2) is 40.2 Å². The van der Waals surface area contributed by atoms with E-state index in [1.807, 2.05) is 0 Å². The number of aromatic nitrogens is 2. The Morgan fingerprint density at radius 1 is 0.933 bits per heavy atom. The van der Waals surface area contributed by atoms with Gasteiger partial charge in [-0.25, -0.2) is 19.0 Å². The van der Waals surface area contributed by atoms with Crippen LogP contribution in [0.25, 0.3) is 32.7 Å². The monoisotopic (exact) mass is 1070 g/mol. The fraction of sp³-hybridized carbons (Fsp3) is 0.511. The van der Waals surface area contributed by atoms with Crippen molar-refractivity contribution >= 4 is 39.1 Å². The molecule has 5 N–H and O–H groups in total. The number of carbonyl (C=O) groups excluding carboxylic acids is 2. The van der Waals surface area contributed by atoms with E-state index in [-0.39, 0.29) is 125 Å². The van der Waals surface area contributed by atoms with Crippen LogP contribution in [0, 0.1) is 5.82 Å². The van der Waals surface area contributed by atoms with Crippen LogP contribution in [0.1, 0.15) is 57.9 Å². The van der Waals surface area contributed by atoms with Crippen LogP contribution in [-0.2, 0) is 80.0 Å². The summed E-state index contributed by atoms with van der Waals surface area (Å²) in [7, 11) is -4.05. The van der Waals surface area contributed by atoms with Crippen molar-refractivity contribution in [3.05, 3.63) is 90.3 Å². The van der Waals surface area contributed by atoms with Gasteiger partial charge >= 0.3 is 22.3 Å². The van der Waals surface area contributed by atoms with Crippen LogP contribution in [0.3, 0.4) is 0 Å². The number of nitrogens with zero attached hydrogens (tertiary/aromatic N) is 6. The van der Waals surface area contributed by atoms with E-state index in [0.29, 0.717) is 35.0 Å². The van der Waals surface area contributed by atoms with Gasteiger partial charge in [0.25, 0.3) is 11.5 Å². The van der Waals surface area contributed by atoms with Gasteiger partial charge in [0.15, 0.2) is 34.8 Å². The normalized spacial score (nSPS) is 21.6. The summed E-state index contributed by atoms with van der Waals surface area (Å²) < 4.78 is 94.6. The zero-order valence-electron chi connectivity index (χ0n) is 40.4. The molecule has 1 amide bonds. The van der Waals surface area contributed by atoms with Gasteiger partial charge < -0.3 is 76.5 Å². The summed E-state index contributed by atoms with van der Waals surface area (Å²) in [5.74, 6) is -6.72. The Bertz CT molecular complexity index is 3080. The number of methoxy groups -OCH3 is 1. The first-order chi connectivity index (χ1) is 35.9. The summed E-state index contributed by atoms with van der Waals surface area (Å²) in [4.78, 5) is 61.3. The van der Waals surface area contributed by atoms with E-state index in [1.165, 1.54) is 28.7 Å². The van der Waals surface area contributed by atoms with Gasteiger partial charge in [-0.3, -0.25) is 9.59 Å². The molecule has 75 heavy (non-hydrogen) atoms. The second-order valence-corrected chi connectivity index (χ2v) is 18.8. The molecule has 0 bridgehead atoms. The third-order valence-electron chi connectivity index (χ3n) is 13.1. The molecule has 6 atom stereocenters. The Hall–Kier alpha value is -6.56. The first-order valence-electron chi connectivity index (χ1n) is 23.7. The van der Waals surface area contributed by atoms with Crippen LogP contribution in [-0.4, -0.2) is 170 Å². The average molecular weight is 1070 g/mol. The van der Waals surface area contributed by atoms with Crippen LogP contribution in [0.4, 0.5) is 4.39 Å². The second-order valence-electron chi connectivity index (χ2n) is 17.6. The van der Waals surface area contributed by atoms with Crippen LogP contribution in [0.5, 0.6) is 17.2 Å². The number of hydrogen-bond acceptors (Lipinski definition) is 21. The zero-order chi connectivity index (χ0) is 53.8. The topological polar surface area (TPSA) is 356 Å². The number of hydrogen-bond donors (Lipinski definition) is 5. The number of carboxylic acids is 1. The van der Waals surface area contributed by atoms with Gasteiger partial charge in [0, 0.05) is 65.4 Å². The number of esters is 1. The third-order valence-corrected chi connectivity index (χ3v) is 13.8. The number of carboxylic acid groups (broad SMARTS) is 1. The Kier molecular flexibility index (Phi) is 16.9. The van der Waals surface area contributed by atoms with Crippen molar-refractivity contribution in [3.63, 3.8) is 0 Å². The summed E-state index contributed by atoms with van der Waals surface area (Å²) in [6.45, 7) is 2.54. The largest absolute Gasteiger partial charge is 0.501 e. The van der Waals surface area contributed by atoms with E-state index in [2.05, 4.69) is 10.0 Å². The smallest absolute Gasteiger partial charge is 0.479 e. The first-order valence-corrected chi connectivity index (χ1v) is 25.0. The fourth-order valence-electron chi connectivity index (χ4n) is 9.29. The standard InChI is InChI=1S/C47H53FN6O20S/c1-3-47(63)29-20-32-36-27(22-54(32)43(59)28(29)23-70-46(47)62)25-5-4-6-26-35(25)31(51-36)21-30(48)40(26)74-75(64,65)73-34-19-24(7-8-33(34)71-45-39(57)37(55)38(56)41(72-45)44(60)61)42(58)53(10-13-66-2)11-14-68-16-18-69-17-15-67-12-9-50-52-49/h7-8,19-21,37-39,41,45,55-57,63H,3-6,9-18,22-23H2,1-2H3,(H,60,61)/t37-,38-,39+,41-,45?,47-/m0/s1. The minimum atomic E-state index is -5.46. The summed E-state index contributed by atoms with van der Waals surface area (Å²) in [5, 5.41) is 56.2. The Labute approximate surface area is 425 Å². The number of halogens is 1. The van der Waals surface area contributed by atoms with E-state index in [1.54, 1.807) is 6.92 Å². The van der Waals surface area contributed by atoms with Gasteiger partial charge in [-0.05, 0) is 61.0 Å². The Morgan fingerprint density at radius 3 is 2.35 bits per heavy atom. The number of amides is 1. The number of ether oxygens (including phenoxy) is 7. The summed E-state index contributed by atoms with van der Waals surface area (Å²) in [6.07, 6.45) is -9.79. The van der Waals surface area contributed by atoms with E-state index in [0.717, 1.165) is 18.2 Å². The summed E-state index contributed by atoms with van der Waals surface area (Å²) in [5.41, 5.74) is 7.64. The van der Waals surface area contributed by atoms with Gasteiger partial charge in [0.2, 0.25) is 6.29 Å². The molecule has 0 spiro atoms. The summed E-state index contributed by atoms with van der Waals surface area (Å²) in [6, 6.07) is 5.58. The van der Waals surface area contributed by atoms with E-state index >= 15 is 4.39 Å². The van der Waals surface area contributed by atoms with Gasteiger partial charge in [-0.1, -0.05) is 12.0 Å². The molecule has 5 heterocycles. The van der Waals surface area contributed by atoms with Crippen molar-refractivity contribution < 1.29 is 94.2 Å². The fourth-order valence-corrected chi connectivity index (χ4v) is 10.1. The summed E-state index contributed by atoms with van der Waals surface area (Å²) >= 11 is 0. The Balaban J connectivity index is 1.07. The molecule has 26 nitrogen and oxygen atoms in total. The number of cyclic esters (lactones) is 1. The maximum Gasteiger partial charge on any atom is 0.501 e. The molecule has 0 saturated carbocycles. The highest BCUT2D eigenvalue weighted by atomic mass is 32.3. The van der Waals surface area contributed by atoms with Crippen LogP contribution >= 0.6 is 0 Å². The van der Waals surface area contributed by atoms with Crippen LogP contribution < -0.4 is 18.7 Å². The molecule has 4 aliphatic rings. The van der Waals surface area contributed by atoms with Crippen molar-refractivity contribution in [1.82, 2.24) is 14.5 Å². The van der Waals surface area contributed by atoms with Gasteiger partial charge in [-0.15, -0.1) is 8.42 Å². The van der Waals surface area contributed by atoms with Crippen molar-refractivity contribution in [2.75, 3.05) is 73.0 Å². The molecule has 4 aromatic rings. The molecule has 1 aliphatic carbocycles. The number of carbonyl (C=O) groups is 3. The number of azide groups is 1. The van der Waals surface area contributed by atoms with E-state index in [9.17, 15) is 53.1 Å². The maximum absolute atomic E-state index is 16.5. The number of aliphatic carboxylic acids is 1. The molecule has 3 aliphatic heterocycles. The van der Waals surface area contributed by atoms with E-state index in [4.69, 9.17) is 52.0 Å². The lowest BCUT2D eigenvalue weighted by atomic mass is 9.85. The molecule has 1 fully saturated rings. The minimum absolute atomic E-state index is 0.00732. The number of aliphatic hydroxyl groups is 4. The highest BCUT2D eigenvalue weighted by Crippen LogP contribution is 2.45. The lowest BCUT2D eigenvalue weighted by molar-refractivity contribution is -0.271. The number of fused-ring (bicyclic) bond motifs is 5. The third kappa shape index (κ3) is 11.2. The molecule has 0 radical (unpaired) electrons. The lowest BCUT2D eigenvalue weighted by Crippen LogP contribution is -2.61.